The number of likely N-dealkylation sites (N-methyl/N-ethyl adjacent to an activating group) is 1. The zero-order valence-electron chi connectivity index (χ0n) is 10.6. The molecule has 4 heteroatoms. The Kier molecular flexibility index (Phi) is 5.51. The van der Waals surface area contributed by atoms with Crippen LogP contribution >= 0.6 is 0 Å². The number of halogens is 2. The first-order chi connectivity index (χ1) is 7.99. The minimum atomic E-state index is -0.794. The fourth-order valence-electron chi connectivity index (χ4n) is 1.57. The quantitative estimate of drug-likeness (QED) is 0.824. The van der Waals surface area contributed by atoms with Crippen LogP contribution in [0, 0.1) is 11.6 Å². The molecular weight excluding hydrogens is 222 g/mol. The highest BCUT2D eigenvalue weighted by Crippen LogP contribution is 2.10. The predicted octanol–water partition coefficient (Wildman–Crippen LogP) is 2.39. The Labute approximate surface area is 102 Å². The van der Waals surface area contributed by atoms with Crippen molar-refractivity contribution in [2.75, 3.05) is 20.1 Å². The minimum absolute atomic E-state index is 0.465. The Morgan fingerprint density at radius 1 is 1.24 bits per heavy atom. The maximum absolute atomic E-state index is 13.0. The van der Waals surface area contributed by atoms with Gasteiger partial charge in [0.2, 0.25) is 0 Å². The number of benzene rings is 1. The molecule has 0 amide bonds. The third-order valence-corrected chi connectivity index (χ3v) is 2.48. The molecule has 0 aliphatic heterocycles. The summed E-state index contributed by atoms with van der Waals surface area (Å²) >= 11 is 0. The first kappa shape index (κ1) is 14.1. The Morgan fingerprint density at radius 3 is 2.53 bits per heavy atom. The van der Waals surface area contributed by atoms with Crippen molar-refractivity contribution in [3.05, 3.63) is 35.4 Å². The molecule has 0 saturated carbocycles. The molecule has 0 radical (unpaired) electrons. The number of hydrogen-bond acceptors (Lipinski definition) is 2. The molecule has 0 aliphatic rings. The maximum atomic E-state index is 13.0. The lowest BCUT2D eigenvalue weighted by Crippen LogP contribution is -2.32. The number of nitrogens with zero attached hydrogens (tertiary/aromatic N) is 1. The van der Waals surface area contributed by atoms with Crippen molar-refractivity contribution in [2.24, 2.45) is 0 Å². The predicted molar refractivity (Wildman–Crippen MR) is 65.8 cm³/mol. The van der Waals surface area contributed by atoms with Gasteiger partial charge in [-0.3, -0.25) is 0 Å². The lowest BCUT2D eigenvalue weighted by atomic mass is 10.2. The van der Waals surface area contributed by atoms with Crippen molar-refractivity contribution in [1.82, 2.24) is 10.2 Å². The first-order valence-corrected chi connectivity index (χ1v) is 5.85. The lowest BCUT2D eigenvalue weighted by molar-refractivity contribution is 0.319. The van der Waals surface area contributed by atoms with Crippen molar-refractivity contribution in [1.29, 1.82) is 0 Å². The van der Waals surface area contributed by atoms with E-state index in [0.717, 1.165) is 18.7 Å². The molecule has 1 aromatic rings. The highest BCUT2D eigenvalue weighted by Gasteiger charge is 2.05. The summed E-state index contributed by atoms with van der Waals surface area (Å²) < 4.78 is 25.7. The normalized spacial score (nSPS) is 11.5. The summed E-state index contributed by atoms with van der Waals surface area (Å²) in [6, 6.07) is 4.50. The molecule has 2 nitrogen and oxygen atoms in total. The van der Waals surface area contributed by atoms with E-state index in [2.05, 4.69) is 24.1 Å². The van der Waals surface area contributed by atoms with Crippen LogP contribution in [0.5, 0.6) is 0 Å². The van der Waals surface area contributed by atoms with E-state index >= 15 is 0 Å². The van der Waals surface area contributed by atoms with Gasteiger partial charge in [0, 0.05) is 25.7 Å². The molecule has 0 spiro atoms. The Balaban J connectivity index is 2.39. The average Bonchev–Trinajstić information content (AvgIpc) is 2.23. The smallest absolute Gasteiger partial charge is 0.159 e. The molecule has 0 atom stereocenters. The Bertz CT molecular complexity index is 353. The van der Waals surface area contributed by atoms with Gasteiger partial charge >= 0.3 is 0 Å². The average molecular weight is 242 g/mol. The monoisotopic (exact) mass is 242 g/mol. The summed E-state index contributed by atoms with van der Waals surface area (Å²) in [6.45, 7) is 6.57. The highest BCUT2D eigenvalue weighted by molar-refractivity contribution is 5.17. The standard InChI is InChI=1S/C13H20F2N2/c1-10(2)16-6-7-17(3)9-11-4-5-12(14)13(15)8-11/h4-5,8,10,16H,6-7,9H2,1-3H3. The Hall–Kier alpha value is -1.00. The van der Waals surface area contributed by atoms with E-state index in [1.165, 1.54) is 12.1 Å². The molecule has 96 valence electrons. The largest absolute Gasteiger partial charge is 0.313 e. The zero-order chi connectivity index (χ0) is 12.8. The molecule has 0 aliphatic carbocycles. The van der Waals surface area contributed by atoms with Gasteiger partial charge in [-0.15, -0.1) is 0 Å². The van der Waals surface area contributed by atoms with E-state index in [0.29, 0.717) is 12.6 Å². The van der Waals surface area contributed by atoms with Gasteiger partial charge in [-0.05, 0) is 24.7 Å². The van der Waals surface area contributed by atoms with E-state index in [1.54, 1.807) is 6.07 Å². The van der Waals surface area contributed by atoms with Gasteiger partial charge < -0.3 is 10.2 Å². The van der Waals surface area contributed by atoms with E-state index in [-0.39, 0.29) is 0 Å². The van der Waals surface area contributed by atoms with Crippen LogP contribution in [0.2, 0.25) is 0 Å². The van der Waals surface area contributed by atoms with Crippen LogP contribution in [0.15, 0.2) is 18.2 Å². The molecule has 0 unspecified atom stereocenters. The zero-order valence-corrected chi connectivity index (χ0v) is 10.6. The van der Waals surface area contributed by atoms with E-state index in [1.807, 2.05) is 7.05 Å². The van der Waals surface area contributed by atoms with Gasteiger partial charge in [0.15, 0.2) is 11.6 Å². The van der Waals surface area contributed by atoms with Gasteiger partial charge in [-0.2, -0.15) is 0 Å². The number of rotatable bonds is 6. The second-order valence-electron chi connectivity index (χ2n) is 4.60. The lowest BCUT2D eigenvalue weighted by Gasteiger charge is -2.18. The van der Waals surface area contributed by atoms with Crippen LogP contribution in [0.4, 0.5) is 8.78 Å². The van der Waals surface area contributed by atoms with Gasteiger partial charge in [-0.25, -0.2) is 8.78 Å². The SMILES string of the molecule is CC(C)NCCN(C)Cc1ccc(F)c(F)c1. The first-order valence-electron chi connectivity index (χ1n) is 5.85. The van der Waals surface area contributed by atoms with Gasteiger partial charge in [0.1, 0.15) is 0 Å². The van der Waals surface area contributed by atoms with Crippen molar-refractivity contribution in [3.8, 4) is 0 Å². The fraction of sp³-hybridized carbons (Fsp3) is 0.538. The molecule has 0 aromatic heterocycles. The minimum Gasteiger partial charge on any atom is -0.313 e. The molecular formula is C13H20F2N2. The molecule has 0 fully saturated rings. The van der Waals surface area contributed by atoms with Crippen LogP contribution in [-0.2, 0) is 6.54 Å². The van der Waals surface area contributed by atoms with Crippen LogP contribution < -0.4 is 5.32 Å². The van der Waals surface area contributed by atoms with Crippen LogP contribution in [-0.4, -0.2) is 31.1 Å². The van der Waals surface area contributed by atoms with Gasteiger partial charge in [-0.1, -0.05) is 19.9 Å². The summed E-state index contributed by atoms with van der Waals surface area (Å²) in [5, 5.41) is 3.31. The summed E-state index contributed by atoms with van der Waals surface area (Å²) in [4.78, 5) is 2.07. The van der Waals surface area contributed by atoms with Crippen LogP contribution in [0.3, 0.4) is 0 Å². The molecule has 0 heterocycles. The van der Waals surface area contributed by atoms with Crippen molar-refractivity contribution in [3.63, 3.8) is 0 Å². The Morgan fingerprint density at radius 2 is 1.94 bits per heavy atom. The van der Waals surface area contributed by atoms with Crippen LogP contribution in [0.25, 0.3) is 0 Å². The molecule has 0 saturated heterocycles. The third kappa shape index (κ3) is 5.24. The number of hydrogen-bond donors (Lipinski definition) is 1. The summed E-state index contributed by atoms with van der Waals surface area (Å²) in [7, 11) is 1.96. The molecule has 0 bridgehead atoms. The fourth-order valence-corrected chi connectivity index (χ4v) is 1.57. The van der Waals surface area contributed by atoms with E-state index in [9.17, 15) is 8.78 Å². The summed E-state index contributed by atoms with van der Waals surface area (Å²) in [5.41, 5.74) is 0.788. The summed E-state index contributed by atoms with van der Waals surface area (Å²) in [6.07, 6.45) is 0. The van der Waals surface area contributed by atoms with Crippen LogP contribution in [0.1, 0.15) is 19.4 Å². The summed E-state index contributed by atoms with van der Waals surface area (Å²) in [5.74, 6) is -1.57. The molecule has 1 rings (SSSR count). The molecule has 17 heavy (non-hydrogen) atoms. The second-order valence-corrected chi connectivity index (χ2v) is 4.60. The highest BCUT2D eigenvalue weighted by atomic mass is 19.2. The van der Waals surface area contributed by atoms with Crippen molar-refractivity contribution >= 4 is 0 Å². The second kappa shape index (κ2) is 6.67. The topological polar surface area (TPSA) is 15.3 Å². The maximum Gasteiger partial charge on any atom is 0.159 e. The van der Waals surface area contributed by atoms with Crippen molar-refractivity contribution in [2.45, 2.75) is 26.4 Å². The van der Waals surface area contributed by atoms with E-state index in [4.69, 9.17) is 0 Å². The van der Waals surface area contributed by atoms with Crippen molar-refractivity contribution < 1.29 is 8.78 Å². The molecule has 1 aromatic carbocycles. The van der Waals surface area contributed by atoms with Gasteiger partial charge in [0.05, 0.1) is 0 Å². The number of nitrogens with one attached hydrogen (secondary N) is 1. The third-order valence-electron chi connectivity index (χ3n) is 2.48. The van der Waals surface area contributed by atoms with Gasteiger partial charge in [0.25, 0.3) is 0 Å². The molecule has 1 N–H and O–H groups in total. The van der Waals surface area contributed by atoms with E-state index < -0.39 is 11.6 Å².